The van der Waals surface area contributed by atoms with E-state index < -0.39 is 5.54 Å². The van der Waals surface area contributed by atoms with Crippen LogP contribution in [0.5, 0.6) is 0 Å². The lowest BCUT2D eigenvalue weighted by molar-refractivity contribution is 0.0788. The number of aromatic nitrogens is 1. The van der Waals surface area contributed by atoms with Crippen LogP contribution in [-0.2, 0) is 4.74 Å². The van der Waals surface area contributed by atoms with Gasteiger partial charge in [-0.05, 0) is 25.5 Å². The summed E-state index contributed by atoms with van der Waals surface area (Å²) in [6.45, 7) is 2.57. The Hall–Kier alpha value is -2.24. The first-order valence-corrected chi connectivity index (χ1v) is 7.68. The van der Waals surface area contributed by atoms with E-state index >= 15 is 0 Å². The number of hydrogen-bond acceptors (Lipinski definition) is 4. The molecule has 1 aromatic carbocycles. The molecule has 5 heteroatoms. The maximum atomic E-state index is 12.5. The Labute approximate surface area is 135 Å². The number of ether oxygens (including phenoxy) is 1. The number of pyridine rings is 1. The van der Waals surface area contributed by atoms with Gasteiger partial charge in [0.05, 0.1) is 35.7 Å². The molecule has 0 bridgehead atoms. The average molecular weight is 312 g/mol. The van der Waals surface area contributed by atoms with Gasteiger partial charge >= 0.3 is 0 Å². The van der Waals surface area contributed by atoms with Gasteiger partial charge in [0, 0.05) is 12.2 Å². The minimum Gasteiger partial charge on any atom is -0.394 e. The van der Waals surface area contributed by atoms with Crippen LogP contribution in [0.3, 0.4) is 0 Å². The summed E-state index contributed by atoms with van der Waals surface area (Å²) in [5, 5.41) is 12.5. The number of aliphatic hydroxyl groups is 1. The van der Waals surface area contributed by atoms with Crippen LogP contribution in [-0.4, -0.2) is 41.4 Å². The van der Waals surface area contributed by atoms with Crippen LogP contribution >= 0.6 is 0 Å². The van der Waals surface area contributed by atoms with Crippen molar-refractivity contribution in [2.45, 2.75) is 18.9 Å². The van der Waals surface area contributed by atoms with Crippen LogP contribution in [0.2, 0.25) is 0 Å². The first kappa shape index (κ1) is 15.6. The summed E-state index contributed by atoms with van der Waals surface area (Å²) in [6, 6.07) is 13.5. The molecule has 1 aliphatic rings. The van der Waals surface area contributed by atoms with Crippen molar-refractivity contribution in [1.82, 2.24) is 10.3 Å². The number of aryl methyl sites for hydroxylation is 1. The normalized spacial score (nSPS) is 20.4. The number of rotatable bonds is 4. The van der Waals surface area contributed by atoms with Crippen molar-refractivity contribution in [3.05, 3.63) is 53.7 Å². The Morgan fingerprint density at radius 2 is 2.09 bits per heavy atom. The van der Waals surface area contributed by atoms with Crippen molar-refractivity contribution < 1.29 is 14.6 Å². The summed E-state index contributed by atoms with van der Waals surface area (Å²) in [4.78, 5) is 17.0. The molecule has 1 amide bonds. The molecule has 0 radical (unpaired) electrons. The van der Waals surface area contributed by atoms with Crippen molar-refractivity contribution in [3.8, 4) is 11.3 Å². The van der Waals surface area contributed by atoms with Gasteiger partial charge in [0.1, 0.15) is 0 Å². The molecule has 2 N–H and O–H groups in total. The minimum absolute atomic E-state index is 0.132. The number of amides is 1. The van der Waals surface area contributed by atoms with Gasteiger partial charge in [-0.3, -0.25) is 9.78 Å². The highest BCUT2D eigenvalue weighted by molar-refractivity contribution is 5.96. The fraction of sp³-hybridized carbons (Fsp3) is 0.333. The molecule has 0 aliphatic carbocycles. The van der Waals surface area contributed by atoms with Crippen LogP contribution in [0.25, 0.3) is 11.3 Å². The van der Waals surface area contributed by atoms with Gasteiger partial charge < -0.3 is 15.2 Å². The molecule has 2 aromatic rings. The van der Waals surface area contributed by atoms with E-state index in [1.165, 1.54) is 0 Å². The molecule has 0 saturated carbocycles. The molecule has 3 rings (SSSR count). The minimum atomic E-state index is -0.679. The number of hydrogen-bond donors (Lipinski definition) is 2. The van der Waals surface area contributed by atoms with Gasteiger partial charge in [-0.15, -0.1) is 0 Å². The summed E-state index contributed by atoms with van der Waals surface area (Å²) in [5.74, 6) is -0.228. The largest absolute Gasteiger partial charge is 0.394 e. The van der Waals surface area contributed by atoms with Gasteiger partial charge in [0.2, 0.25) is 0 Å². The SMILES string of the molecule is Cc1nc(-c2ccccc2)ccc1C(=O)NC1(CO)CCOC1. The van der Waals surface area contributed by atoms with Crippen molar-refractivity contribution in [1.29, 1.82) is 0 Å². The molecule has 1 unspecified atom stereocenters. The summed E-state index contributed by atoms with van der Waals surface area (Å²) >= 11 is 0. The molecule has 1 fully saturated rings. The number of aliphatic hydroxyl groups excluding tert-OH is 1. The molecule has 2 heterocycles. The van der Waals surface area contributed by atoms with E-state index in [-0.39, 0.29) is 12.5 Å². The number of carbonyl (C=O) groups is 1. The van der Waals surface area contributed by atoms with E-state index in [9.17, 15) is 9.90 Å². The van der Waals surface area contributed by atoms with Gasteiger partial charge in [0.25, 0.3) is 5.91 Å². The van der Waals surface area contributed by atoms with Crippen molar-refractivity contribution in [2.75, 3.05) is 19.8 Å². The van der Waals surface area contributed by atoms with Gasteiger partial charge in [-0.2, -0.15) is 0 Å². The highest BCUT2D eigenvalue weighted by Crippen LogP contribution is 2.21. The van der Waals surface area contributed by atoms with E-state index in [0.717, 1.165) is 11.3 Å². The standard InChI is InChI=1S/C18H20N2O3/c1-13-15(17(22)20-18(11-21)9-10-23-12-18)7-8-16(19-13)14-5-3-2-4-6-14/h2-8,21H,9-12H2,1H3,(H,20,22). The van der Waals surface area contributed by atoms with Crippen molar-refractivity contribution in [2.24, 2.45) is 0 Å². The third-order valence-electron chi connectivity index (χ3n) is 4.18. The zero-order valence-electron chi connectivity index (χ0n) is 13.1. The van der Waals surface area contributed by atoms with E-state index in [4.69, 9.17) is 4.74 Å². The Bertz CT molecular complexity index is 695. The molecule has 0 spiro atoms. The molecular weight excluding hydrogens is 292 g/mol. The first-order valence-electron chi connectivity index (χ1n) is 7.68. The third-order valence-corrected chi connectivity index (χ3v) is 4.18. The van der Waals surface area contributed by atoms with Crippen LogP contribution in [0.4, 0.5) is 0 Å². The molecule has 120 valence electrons. The van der Waals surface area contributed by atoms with E-state index in [2.05, 4.69) is 10.3 Å². The van der Waals surface area contributed by atoms with Crippen LogP contribution in [0.1, 0.15) is 22.5 Å². The fourth-order valence-corrected chi connectivity index (χ4v) is 2.75. The zero-order valence-corrected chi connectivity index (χ0v) is 13.1. The molecule has 1 saturated heterocycles. The van der Waals surface area contributed by atoms with E-state index in [0.29, 0.717) is 30.9 Å². The highest BCUT2D eigenvalue weighted by atomic mass is 16.5. The maximum absolute atomic E-state index is 12.5. The van der Waals surface area contributed by atoms with Crippen LogP contribution in [0.15, 0.2) is 42.5 Å². The zero-order chi connectivity index (χ0) is 16.3. The smallest absolute Gasteiger partial charge is 0.253 e. The summed E-state index contributed by atoms with van der Waals surface area (Å²) < 4.78 is 5.30. The second-order valence-corrected chi connectivity index (χ2v) is 5.89. The molecular formula is C18H20N2O3. The van der Waals surface area contributed by atoms with Gasteiger partial charge in [-0.1, -0.05) is 30.3 Å². The Morgan fingerprint density at radius 3 is 2.70 bits per heavy atom. The Balaban J connectivity index is 1.82. The number of nitrogens with zero attached hydrogens (tertiary/aromatic N) is 1. The first-order chi connectivity index (χ1) is 11.1. The third kappa shape index (κ3) is 3.25. The second kappa shape index (κ2) is 6.48. The van der Waals surface area contributed by atoms with Crippen molar-refractivity contribution >= 4 is 5.91 Å². The van der Waals surface area contributed by atoms with Crippen molar-refractivity contribution in [3.63, 3.8) is 0 Å². The highest BCUT2D eigenvalue weighted by Gasteiger charge is 2.36. The Kier molecular flexibility index (Phi) is 4.41. The Morgan fingerprint density at radius 1 is 1.30 bits per heavy atom. The predicted molar refractivity (Wildman–Crippen MR) is 87.1 cm³/mol. The molecule has 1 aromatic heterocycles. The topological polar surface area (TPSA) is 71.5 Å². The summed E-state index contributed by atoms with van der Waals surface area (Å²) in [5.41, 5.74) is 2.35. The summed E-state index contributed by atoms with van der Waals surface area (Å²) in [7, 11) is 0. The van der Waals surface area contributed by atoms with Gasteiger partial charge in [0.15, 0.2) is 0 Å². The molecule has 23 heavy (non-hydrogen) atoms. The van der Waals surface area contributed by atoms with Crippen LogP contribution in [0, 0.1) is 6.92 Å². The lowest BCUT2D eigenvalue weighted by Crippen LogP contribution is -2.52. The van der Waals surface area contributed by atoms with Gasteiger partial charge in [-0.25, -0.2) is 0 Å². The van der Waals surface area contributed by atoms with E-state index in [1.807, 2.05) is 43.3 Å². The number of nitrogens with one attached hydrogen (secondary N) is 1. The number of carbonyl (C=O) groups excluding carboxylic acids is 1. The van der Waals surface area contributed by atoms with Crippen LogP contribution < -0.4 is 5.32 Å². The maximum Gasteiger partial charge on any atom is 0.253 e. The van der Waals surface area contributed by atoms with E-state index in [1.54, 1.807) is 6.07 Å². The monoisotopic (exact) mass is 312 g/mol. The quantitative estimate of drug-likeness (QED) is 0.905. The summed E-state index contributed by atoms with van der Waals surface area (Å²) in [6.07, 6.45) is 0.615. The molecule has 1 aliphatic heterocycles. The second-order valence-electron chi connectivity index (χ2n) is 5.89. The number of benzene rings is 1. The fourth-order valence-electron chi connectivity index (χ4n) is 2.75. The lowest BCUT2D eigenvalue weighted by atomic mass is 9.99. The molecule has 1 atom stereocenters. The average Bonchev–Trinajstić information content (AvgIpc) is 3.04. The molecule has 5 nitrogen and oxygen atoms in total. The lowest BCUT2D eigenvalue weighted by Gasteiger charge is -2.26. The predicted octanol–water partition coefficient (Wildman–Crippen LogP) is 1.94.